The Morgan fingerprint density at radius 2 is 2.25 bits per heavy atom. The lowest BCUT2D eigenvalue weighted by Crippen LogP contribution is -2.14. The van der Waals surface area contributed by atoms with Crippen LogP contribution < -0.4 is 11.1 Å². The molecule has 0 spiro atoms. The molecule has 5 heteroatoms. The first kappa shape index (κ1) is 13.8. The monoisotopic (exact) mass is 268 g/mol. The van der Waals surface area contributed by atoms with Crippen molar-refractivity contribution in [3.05, 3.63) is 47.2 Å². The van der Waals surface area contributed by atoms with Crippen LogP contribution in [0.15, 0.2) is 30.3 Å². The Morgan fingerprint density at radius 1 is 1.45 bits per heavy atom. The molecule has 0 saturated carbocycles. The minimum Gasteiger partial charge on any atom is -0.320 e. The smallest absolute Gasteiger partial charge is 0.256 e. The van der Waals surface area contributed by atoms with Crippen molar-refractivity contribution >= 4 is 11.7 Å². The van der Waals surface area contributed by atoms with E-state index in [1.165, 1.54) is 0 Å². The number of hydrogen-bond donors (Lipinski definition) is 2. The van der Waals surface area contributed by atoms with Gasteiger partial charge in [-0.2, -0.15) is 5.10 Å². The first-order valence-electron chi connectivity index (χ1n) is 6.21. The van der Waals surface area contributed by atoms with E-state index < -0.39 is 0 Å². The highest BCUT2D eigenvalue weighted by atomic mass is 16.1. The lowest BCUT2D eigenvalue weighted by Gasteiger charge is -2.05. The van der Waals surface area contributed by atoms with Crippen molar-refractivity contribution in [2.24, 2.45) is 12.8 Å². The molecule has 102 valence electrons. The van der Waals surface area contributed by atoms with Gasteiger partial charge >= 0.3 is 0 Å². The molecule has 0 aliphatic rings. The second-order valence-electron chi connectivity index (χ2n) is 4.34. The Morgan fingerprint density at radius 3 is 2.90 bits per heavy atom. The zero-order valence-corrected chi connectivity index (χ0v) is 11.5. The molecule has 0 fully saturated rings. The molecule has 1 amide bonds. The number of hydrogen-bond acceptors (Lipinski definition) is 3. The molecule has 2 rings (SSSR count). The predicted molar refractivity (Wildman–Crippen MR) is 78.3 cm³/mol. The number of benzene rings is 1. The second kappa shape index (κ2) is 6.04. The van der Waals surface area contributed by atoms with Crippen LogP contribution in [-0.4, -0.2) is 22.2 Å². The van der Waals surface area contributed by atoms with Crippen molar-refractivity contribution in [3.8, 4) is 11.8 Å². The largest absolute Gasteiger partial charge is 0.320 e. The normalized spacial score (nSPS) is 9.75. The molecule has 0 saturated heterocycles. The minimum atomic E-state index is -0.190. The number of rotatable bonds is 2. The first-order valence-corrected chi connectivity index (χ1v) is 6.21. The van der Waals surface area contributed by atoms with Crippen molar-refractivity contribution in [1.29, 1.82) is 0 Å². The fourth-order valence-corrected chi connectivity index (χ4v) is 1.81. The van der Waals surface area contributed by atoms with Crippen LogP contribution in [0.25, 0.3) is 0 Å². The summed E-state index contributed by atoms with van der Waals surface area (Å²) in [5, 5.41) is 7.00. The Labute approximate surface area is 117 Å². The Bertz CT molecular complexity index is 691. The summed E-state index contributed by atoms with van der Waals surface area (Å²) >= 11 is 0. The summed E-state index contributed by atoms with van der Waals surface area (Å²) in [6.07, 6.45) is 0. The van der Waals surface area contributed by atoms with Crippen LogP contribution >= 0.6 is 0 Å². The lowest BCUT2D eigenvalue weighted by atomic mass is 10.1. The van der Waals surface area contributed by atoms with Crippen LogP contribution in [0.5, 0.6) is 0 Å². The third kappa shape index (κ3) is 3.25. The molecule has 0 unspecified atom stereocenters. The maximum atomic E-state index is 12.2. The summed E-state index contributed by atoms with van der Waals surface area (Å²) in [5.74, 6) is 6.14. The SMILES string of the molecule is Cc1cc(NC(=O)c2cccc(C#CCN)c2)n(C)n1. The van der Waals surface area contributed by atoms with Gasteiger partial charge in [-0.05, 0) is 25.1 Å². The summed E-state index contributed by atoms with van der Waals surface area (Å²) in [5.41, 5.74) is 7.50. The third-order valence-corrected chi connectivity index (χ3v) is 2.70. The van der Waals surface area contributed by atoms with Crippen molar-refractivity contribution in [1.82, 2.24) is 9.78 Å². The number of nitrogens with one attached hydrogen (secondary N) is 1. The van der Waals surface area contributed by atoms with Crippen LogP contribution in [0, 0.1) is 18.8 Å². The quantitative estimate of drug-likeness (QED) is 0.806. The first-order chi connectivity index (χ1) is 9.60. The molecule has 1 aromatic heterocycles. The zero-order valence-electron chi connectivity index (χ0n) is 11.5. The van der Waals surface area contributed by atoms with Crippen LogP contribution in [0.3, 0.4) is 0 Å². The van der Waals surface area contributed by atoms with Gasteiger partial charge in [0.25, 0.3) is 5.91 Å². The van der Waals surface area contributed by atoms with Crippen molar-refractivity contribution in [2.75, 3.05) is 11.9 Å². The average molecular weight is 268 g/mol. The van der Waals surface area contributed by atoms with E-state index in [1.807, 2.05) is 19.1 Å². The minimum absolute atomic E-state index is 0.190. The van der Waals surface area contributed by atoms with Gasteiger partial charge < -0.3 is 11.1 Å². The highest BCUT2D eigenvalue weighted by Crippen LogP contribution is 2.11. The van der Waals surface area contributed by atoms with Crippen LogP contribution in [0.1, 0.15) is 21.6 Å². The molecule has 0 aliphatic carbocycles. The van der Waals surface area contributed by atoms with Gasteiger partial charge in [0.2, 0.25) is 0 Å². The van der Waals surface area contributed by atoms with Gasteiger partial charge in [0, 0.05) is 24.2 Å². The molecule has 0 atom stereocenters. The Kier molecular flexibility index (Phi) is 4.18. The van der Waals surface area contributed by atoms with E-state index in [1.54, 1.807) is 29.9 Å². The van der Waals surface area contributed by atoms with E-state index in [4.69, 9.17) is 5.73 Å². The van der Waals surface area contributed by atoms with Gasteiger partial charge in [-0.3, -0.25) is 9.48 Å². The van der Waals surface area contributed by atoms with Gasteiger partial charge in [0.15, 0.2) is 0 Å². The fourth-order valence-electron chi connectivity index (χ4n) is 1.81. The van der Waals surface area contributed by atoms with E-state index in [9.17, 15) is 4.79 Å². The molecule has 0 aliphatic heterocycles. The summed E-state index contributed by atoms with van der Waals surface area (Å²) in [7, 11) is 1.78. The van der Waals surface area contributed by atoms with E-state index in [0.717, 1.165) is 11.3 Å². The van der Waals surface area contributed by atoms with Crippen LogP contribution in [0.2, 0.25) is 0 Å². The summed E-state index contributed by atoms with van der Waals surface area (Å²) in [6, 6.07) is 8.93. The maximum Gasteiger partial charge on any atom is 0.256 e. The van der Waals surface area contributed by atoms with E-state index in [2.05, 4.69) is 22.3 Å². The van der Waals surface area contributed by atoms with E-state index in [0.29, 0.717) is 17.9 Å². The number of aromatic nitrogens is 2. The van der Waals surface area contributed by atoms with Crippen molar-refractivity contribution < 1.29 is 4.79 Å². The molecule has 20 heavy (non-hydrogen) atoms. The highest BCUT2D eigenvalue weighted by molar-refractivity contribution is 6.04. The number of carbonyl (C=O) groups excluding carboxylic acids is 1. The Hall–Kier alpha value is -2.58. The highest BCUT2D eigenvalue weighted by Gasteiger charge is 2.09. The number of nitrogens with two attached hydrogens (primary N) is 1. The molecule has 0 bridgehead atoms. The zero-order chi connectivity index (χ0) is 14.5. The van der Waals surface area contributed by atoms with Crippen LogP contribution in [0.4, 0.5) is 5.82 Å². The predicted octanol–water partition coefficient (Wildman–Crippen LogP) is 1.29. The van der Waals surface area contributed by atoms with E-state index in [-0.39, 0.29) is 5.91 Å². The van der Waals surface area contributed by atoms with Crippen molar-refractivity contribution in [2.45, 2.75) is 6.92 Å². The summed E-state index contributed by atoms with van der Waals surface area (Å²) < 4.78 is 1.63. The number of carbonyl (C=O) groups is 1. The van der Waals surface area contributed by atoms with E-state index >= 15 is 0 Å². The fraction of sp³-hybridized carbons (Fsp3) is 0.200. The van der Waals surface area contributed by atoms with Gasteiger partial charge in [0.1, 0.15) is 5.82 Å². The molecule has 5 nitrogen and oxygen atoms in total. The molecular weight excluding hydrogens is 252 g/mol. The number of anilines is 1. The third-order valence-electron chi connectivity index (χ3n) is 2.70. The summed E-state index contributed by atoms with van der Waals surface area (Å²) in [6.45, 7) is 2.17. The Balaban J connectivity index is 2.19. The maximum absolute atomic E-state index is 12.2. The number of nitrogens with zero attached hydrogens (tertiary/aromatic N) is 2. The molecule has 3 N–H and O–H groups in total. The molecule has 2 aromatic rings. The van der Waals surface area contributed by atoms with Gasteiger partial charge in [-0.1, -0.05) is 17.9 Å². The molecular formula is C15H16N4O. The lowest BCUT2D eigenvalue weighted by molar-refractivity contribution is 0.102. The standard InChI is InChI=1S/C15H16N4O/c1-11-9-14(19(2)18-11)17-15(20)13-7-3-5-12(10-13)6-4-8-16/h3,5,7,9-10H,8,16H2,1-2H3,(H,17,20). The van der Waals surface area contributed by atoms with Crippen LogP contribution in [-0.2, 0) is 7.05 Å². The average Bonchev–Trinajstić information content (AvgIpc) is 2.75. The number of amides is 1. The molecule has 0 radical (unpaired) electrons. The van der Waals surface area contributed by atoms with Crippen molar-refractivity contribution in [3.63, 3.8) is 0 Å². The van der Waals surface area contributed by atoms with Gasteiger partial charge in [-0.25, -0.2) is 0 Å². The molecule has 1 heterocycles. The van der Waals surface area contributed by atoms with Gasteiger partial charge in [-0.15, -0.1) is 0 Å². The second-order valence-corrected chi connectivity index (χ2v) is 4.34. The summed E-state index contributed by atoms with van der Waals surface area (Å²) in [4.78, 5) is 12.2. The van der Waals surface area contributed by atoms with Gasteiger partial charge in [0.05, 0.1) is 12.2 Å². The topological polar surface area (TPSA) is 72.9 Å². The molecule has 1 aromatic carbocycles. The number of aryl methyl sites for hydroxylation is 2.